The molecule has 0 radical (unpaired) electrons. The molecular weight excluding hydrogens is 482 g/mol. The van der Waals surface area contributed by atoms with Crippen LogP contribution in [-0.2, 0) is 17.4 Å². The van der Waals surface area contributed by atoms with Crippen LogP contribution in [0.4, 0.5) is 5.69 Å². The Morgan fingerprint density at radius 3 is 2.61 bits per heavy atom. The molecule has 2 aliphatic heterocycles. The van der Waals surface area contributed by atoms with Gasteiger partial charge in [0.1, 0.15) is 16.6 Å². The lowest BCUT2D eigenvalue weighted by Gasteiger charge is -2.49. The normalized spacial score (nSPS) is 23.9. The number of halogens is 1. The first kappa shape index (κ1) is 24.2. The molecule has 1 aromatic carbocycles. The lowest BCUT2D eigenvalue weighted by Crippen LogP contribution is -2.51. The molecule has 2 bridgehead atoms. The van der Waals surface area contributed by atoms with Crippen LogP contribution >= 0.6 is 11.6 Å². The quantitative estimate of drug-likeness (QED) is 0.484. The Morgan fingerprint density at radius 2 is 2.00 bits per heavy atom. The second-order valence-electron chi connectivity index (χ2n) is 9.93. The molecule has 9 nitrogen and oxygen atoms in total. The Labute approximate surface area is 212 Å². The number of carboxylic acid groups (broad SMARTS) is 1. The SMILES string of the molecule is Cc1cc([C@@H](C)Nc2ccc(Cl)nc2C(=O)O)c2nc(C34CCC(C#N)(CC3)CO4)n(C)c(=O)c2c1. The summed E-state index contributed by atoms with van der Waals surface area (Å²) >= 11 is 5.91. The van der Waals surface area contributed by atoms with Gasteiger partial charge < -0.3 is 15.2 Å². The highest BCUT2D eigenvalue weighted by molar-refractivity contribution is 6.29. The number of fused-ring (bicyclic) bond motifs is 4. The van der Waals surface area contributed by atoms with E-state index in [0.29, 0.717) is 54.7 Å². The maximum atomic E-state index is 13.5. The standard InChI is InChI=1S/C26H26ClN5O4/c1-14-10-16(15(2)29-18-4-5-19(27)30-21(18)23(34)35)20-17(11-14)22(33)32(3)24(31-20)26-8-6-25(12-28,7-9-26)13-36-26/h4-5,10-11,15,29H,6-9,13H2,1-3H3,(H,34,35)/t15-,25?,26?/m1/s1. The van der Waals surface area contributed by atoms with E-state index >= 15 is 0 Å². The van der Waals surface area contributed by atoms with E-state index in [-0.39, 0.29) is 16.4 Å². The average Bonchev–Trinajstić information content (AvgIpc) is 2.88. The monoisotopic (exact) mass is 507 g/mol. The molecule has 3 aromatic rings. The van der Waals surface area contributed by atoms with Gasteiger partial charge in [0, 0.05) is 12.6 Å². The third-order valence-electron chi connectivity index (χ3n) is 7.54. The molecule has 36 heavy (non-hydrogen) atoms. The van der Waals surface area contributed by atoms with Gasteiger partial charge in [-0.3, -0.25) is 9.36 Å². The van der Waals surface area contributed by atoms with Crippen LogP contribution in [0.1, 0.15) is 66.1 Å². The third-order valence-corrected chi connectivity index (χ3v) is 7.75. The van der Waals surface area contributed by atoms with Crippen LogP contribution in [-0.4, -0.2) is 32.2 Å². The number of anilines is 1. The van der Waals surface area contributed by atoms with Gasteiger partial charge in [-0.2, -0.15) is 5.26 Å². The minimum atomic E-state index is -1.20. The Bertz CT molecular complexity index is 1480. The van der Waals surface area contributed by atoms with Gasteiger partial charge in [-0.1, -0.05) is 17.7 Å². The molecule has 186 valence electrons. The number of ether oxygens (including phenoxy) is 1. The predicted octanol–water partition coefficient (Wildman–Crippen LogP) is 4.47. The number of aromatic nitrogens is 3. The molecule has 1 atom stereocenters. The number of rotatable bonds is 5. The van der Waals surface area contributed by atoms with Crippen LogP contribution in [0.5, 0.6) is 0 Å². The number of nitrogens with zero attached hydrogens (tertiary/aromatic N) is 4. The van der Waals surface area contributed by atoms with Gasteiger partial charge in [-0.15, -0.1) is 0 Å². The largest absolute Gasteiger partial charge is 0.476 e. The first-order valence-corrected chi connectivity index (χ1v) is 12.2. The fourth-order valence-corrected chi connectivity index (χ4v) is 5.59. The zero-order chi connectivity index (χ0) is 25.8. The Morgan fingerprint density at radius 1 is 1.28 bits per heavy atom. The molecule has 2 N–H and O–H groups in total. The van der Waals surface area contributed by atoms with Gasteiger partial charge in [-0.05, 0) is 63.3 Å². The number of benzene rings is 1. The van der Waals surface area contributed by atoms with Crippen molar-refractivity contribution >= 4 is 34.2 Å². The van der Waals surface area contributed by atoms with E-state index in [9.17, 15) is 20.0 Å². The number of nitriles is 1. The molecule has 1 saturated carbocycles. The van der Waals surface area contributed by atoms with E-state index in [4.69, 9.17) is 21.3 Å². The van der Waals surface area contributed by atoms with Crippen molar-refractivity contribution in [2.24, 2.45) is 12.5 Å². The van der Waals surface area contributed by atoms with Gasteiger partial charge in [0.25, 0.3) is 5.56 Å². The Hall–Kier alpha value is -3.48. The molecule has 0 amide bonds. The highest BCUT2D eigenvalue weighted by atomic mass is 35.5. The fraction of sp³-hybridized carbons (Fsp3) is 0.423. The van der Waals surface area contributed by atoms with E-state index in [1.165, 1.54) is 6.07 Å². The fourth-order valence-electron chi connectivity index (χ4n) is 5.45. The van der Waals surface area contributed by atoms with Crippen molar-refractivity contribution in [2.75, 3.05) is 11.9 Å². The Kier molecular flexibility index (Phi) is 5.77. The number of hydrogen-bond donors (Lipinski definition) is 2. The zero-order valence-electron chi connectivity index (χ0n) is 20.3. The van der Waals surface area contributed by atoms with Crippen molar-refractivity contribution in [1.82, 2.24) is 14.5 Å². The first-order chi connectivity index (χ1) is 17.1. The van der Waals surface area contributed by atoms with Crippen LogP contribution < -0.4 is 10.9 Å². The lowest BCUT2D eigenvalue weighted by atomic mass is 9.66. The molecular formula is C26H26ClN5O4. The summed E-state index contributed by atoms with van der Waals surface area (Å²) in [5, 5.41) is 23.0. The summed E-state index contributed by atoms with van der Waals surface area (Å²) < 4.78 is 7.83. The van der Waals surface area contributed by atoms with Gasteiger partial charge in [-0.25, -0.2) is 14.8 Å². The lowest BCUT2D eigenvalue weighted by molar-refractivity contribution is -0.177. The molecule has 0 spiro atoms. The topological polar surface area (TPSA) is 130 Å². The Balaban J connectivity index is 1.62. The number of hydrogen-bond acceptors (Lipinski definition) is 7. The predicted molar refractivity (Wildman–Crippen MR) is 134 cm³/mol. The van der Waals surface area contributed by atoms with Gasteiger partial charge in [0.15, 0.2) is 5.69 Å². The summed E-state index contributed by atoms with van der Waals surface area (Å²) in [7, 11) is 1.71. The first-order valence-electron chi connectivity index (χ1n) is 11.8. The molecule has 2 aromatic heterocycles. The van der Waals surface area contributed by atoms with Crippen molar-refractivity contribution in [3.63, 3.8) is 0 Å². The minimum Gasteiger partial charge on any atom is -0.476 e. The van der Waals surface area contributed by atoms with E-state index < -0.39 is 23.0 Å². The molecule has 3 aliphatic rings. The van der Waals surface area contributed by atoms with Crippen LogP contribution in [0.25, 0.3) is 10.9 Å². The highest BCUT2D eigenvalue weighted by Crippen LogP contribution is 2.52. The molecule has 1 aliphatic carbocycles. The van der Waals surface area contributed by atoms with Crippen molar-refractivity contribution in [1.29, 1.82) is 5.26 Å². The van der Waals surface area contributed by atoms with E-state index in [1.54, 1.807) is 17.7 Å². The number of carbonyl (C=O) groups is 1. The highest BCUT2D eigenvalue weighted by Gasteiger charge is 2.53. The van der Waals surface area contributed by atoms with Crippen molar-refractivity contribution in [3.05, 3.63) is 62.4 Å². The van der Waals surface area contributed by atoms with Gasteiger partial charge >= 0.3 is 5.97 Å². The van der Waals surface area contributed by atoms with Crippen LogP contribution in [0.2, 0.25) is 5.15 Å². The molecule has 2 saturated heterocycles. The van der Waals surface area contributed by atoms with Crippen LogP contribution in [0.3, 0.4) is 0 Å². The number of pyridine rings is 1. The van der Waals surface area contributed by atoms with Gasteiger partial charge in [0.2, 0.25) is 0 Å². The van der Waals surface area contributed by atoms with Crippen LogP contribution in [0.15, 0.2) is 29.1 Å². The van der Waals surface area contributed by atoms with Crippen molar-refractivity contribution in [3.8, 4) is 6.07 Å². The van der Waals surface area contributed by atoms with Crippen molar-refractivity contribution in [2.45, 2.75) is 51.2 Å². The summed E-state index contributed by atoms with van der Waals surface area (Å²) in [5.41, 5.74) is 0.966. The molecule has 0 unspecified atom stereocenters. The number of aryl methyl sites for hydroxylation is 1. The third kappa shape index (κ3) is 3.81. The van der Waals surface area contributed by atoms with E-state index in [2.05, 4.69) is 16.4 Å². The van der Waals surface area contributed by atoms with E-state index in [0.717, 1.165) is 11.1 Å². The number of nitrogens with one attached hydrogen (secondary N) is 1. The van der Waals surface area contributed by atoms with Crippen molar-refractivity contribution < 1.29 is 14.6 Å². The summed E-state index contributed by atoms with van der Waals surface area (Å²) in [6.07, 6.45) is 2.66. The molecule has 6 rings (SSSR count). The minimum absolute atomic E-state index is 0.0843. The molecule has 10 heteroatoms. The number of carboxylic acids is 1. The molecule has 3 fully saturated rings. The number of aromatic carboxylic acids is 1. The second-order valence-corrected chi connectivity index (χ2v) is 10.3. The summed E-state index contributed by atoms with van der Waals surface area (Å²) in [6.45, 7) is 4.11. The zero-order valence-corrected chi connectivity index (χ0v) is 21.0. The van der Waals surface area contributed by atoms with Crippen LogP contribution in [0, 0.1) is 23.7 Å². The van der Waals surface area contributed by atoms with E-state index in [1.807, 2.05) is 26.0 Å². The summed E-state index contributed by atoms with van der Waals surface area (Å²) in [4.78, 5) is 34.2. The smallest absolute Gasteiger partial charge is 0.356 e. The average molecular weight is 508 g/mol. The maximum absolute atomic E-state index is 13.5. The van der Waals surface area contributed by atoms with Gasteiger partial charge in [0.05, 0.1) is 40.7 Å². The summed E-state index contributed by atoms with van der Waals surface area (Å²) in [6, 6.07) is 8.88. The second kappa shape index (κ2) is 8.57. The molecule has 4 heterocycles. The summed E-state index contributed by atoms with van der Waals surface area (Å²) in [5.74, 6) is -0.641. The maximum Gasteiger partial charge on any atom is 0.356 e.